The molecule has 5 heterocycles. The summed E-state index contributed by atoms with van der Waals surface area (Å²) >= 11 is 0. The van der Waals surface area contributed by atoms with Crippen molar-refractivity contribution in [3.8, 4) is 0 Å². The van der Waals surface area contributed by atoms with E-state index in [-0.39, 0.29) is 30.1 Å². The van der Waals surface area contributed by atoms with Gasteiger partial charge in [-0.25, -0.2) is 15.0 Å². The molecule has 2 bridgehead atoms. The molecule has 26 heavy (non-hydrogen) atoms. The van der Waals surface area contributed by atoms with Crippen molar-refractivity contribution in [3.63, 3.8) is 0 Å². The Morgan fingerprint density at radius 1 is 1.15 bits per heavy atom. The molecule has 0 radical (unpaired) electrons. The molecule has 3 aliphatic heterocycles. The fourth-order valence-corrected chi connectivity index (χ4v) is 3.83. The smallest absolute Gasteiger partial charge is 0.256 e. The normalized spacial score (nSPS) is 21.5. The van der Waals surface area contributed by atoms with Gasteiger partial charge in [-0.3, -0.25) is 14.2 Å². The van der Waals surface area contributed by atoms with Crippen LogP contribution < -0.4 is 10.5 Å². The molecule has 2 aromatic heterocycles. The van der Waals surface area contributed by atoms with Gasteiger partial charge in [0, 0.05) is 36.1 Å². The van der Waals surface area contributed by atoms with Gasteiger partial charge in [0.15, 0.2) is 0 Å². The molecule has 2 atom stereocenters. The molecule has 0 saturated carbocycles. The number of carbonyl (C=O) groups excluding carboxylic acids is 1. The highest BCUT2D eigenvalue weighted by atomic mass is 16.2. The van der Waals surface area contributed by atoms with Crippen molar-refractivity contribution < 1.29 is 4.79 Å². The van der Waals surface area contributed by atoms with Crippen LogP contribution in [0.15, 0.2) is 23.5 Å². The van der Waals surface area contributed by atoms with Crippen LogP contribution in [0.3, 0.4) is 0 Å². The third-order valence-electron chi connectivity index (χ3n) is 5.42. The molecule has 3 fully saturated rings. The first-order valence-corrected chi connectivity index (χ1v) is 8.81. The van der Waals surface area contributed by atoms with Gasteiger partial charge in [0.05, 0.1) is 18.4 Å². The maximum Gasteiger partial charge on any atom is 0.256 e. The molecular weight excluding hydrogens is 332 g/mol. The predicted molar refractivity (Wildman–Crippen MR) is 96.0 cm³/mol. The summed E-state index contributed by atoms with van der Waals surface area (Å²) in [6.45, 7) is 7.06. The summed E-state index contributed by atoms with van der Waals surface area (Å²) < 4.78 is 1.41. The number of piperidine rings is 1. The van der Waals surface area contributed by atoms with Crippen molar-refractivity contribution in [1.82, 2.24) is 24.4 Å². The van der Waals surface area contributed by atoms with Gasteiger partial charge in [-0.15, -0.1) is 0 Å². The summed E-state index contributed by atoms with van der Waals surface area (Å²) in [5, 5.41) is 0. The Labute approximate surface area is 151 Å². The number of carbonyl (C=O) groups is 1. The average molecular weight is 354 g/mol. The second-order valence-corrected chi connectivity index (χ2v) is 7.15. The van der Waals surface area contributed by atoms with Crippen molar-refractivity contribution in [1.29, 1.82) is 0 Å². The van der Waals surface area contributed by atoms with Crippen LogP contribution in [0.1, 0.15) is 23.4 Å². The molecule has 0 aliphatic carbocycles. The highest BCUT2D eigenvalue weighted by Crippen LogP contribution is 2.34. The van der Waals surface area contributed by atoms with E-state index in [4.69, 9.17) is 0 Å². The van der Waals surface area contributed by atoms with E-state index >= 15 is 0 Å². The third kappa shape index (κ3) is 2.75. The molecule has 3 aliphatic rings. The van der Waals surface area contributed by atoms with Crippen LogP contribution in [0.2, 0.25) is 0 Å². The lowest BCUT2D eigenvalue weighted by Gasteiger charge is -2.56. The Hall–Kier alpha value is -2.77. The fraction of sp³-hybridized carbons (Fsp3) is 0.500. The van der Waals surface area contributed by atoms with E-state index < -0.39 is 0 Å². The molecule has 8 heteroatoms. The van der Waals surface area contributed by atoms with E-state index in [9.17, 15) is 9.59 Å². The van der Waals surface area contributed by atoms with Crippen LogP contribution >= 0.6 is 0 Å². The zero-order valence-corrected chi connectivity index (χ0v) is 15.2. The van der Waals surface area contributed by atoms with Crippen molar-refractivity contribution >= 4 is 11.7 Å². The first-order chi connectivity index (χ1) is 12.4. The van der Waals surface area contributed by atoms with E-state index in [1.165, 1.54) is 10.9 Å². The highest BCUT2D eigenvalue weighted by molar-refractivity contribution is 5.78. The number of anilines is 1. The molecule has 8 nitrogen and oxygen atoms in total. The fourth-order valence-electron chi connectivity index (χ4n) is 3.83. The molecule has 0 N–H and O–H groups in total. The van der Waals surface area contributed by atoms with Gasteiger partial charge in [-0.1, -0.05) is 0 Å². The lowest BCUT2D eigenvalue weighted by Crippen LogP contribution is -2.70. The van der Waals surface area contributed by atoms with Crippen LogP contribution in [0.25, 0.3) is 0 Å². The van der Waals surface area contributed by atoms with E-state index in [2.05, 4.69) is 19.9 Å². The van der Waals surface area contributed by atoms with Crippen LogP contribution in [-0.4, -0.2) is 55.5 Å². The second kappa shape index (κ2) is 6.19. The van der Waals surface area contributed by atoms with Gasteiger partial charge in [0.1, 0.15) is 18.7 Å². The first kappa shape index (κ1) is 16.7. The Balaban J connectivity index is 1.46. The maximum absolute atomic E-state index is 12.7. The molecule has 3 saturated heterocycles. The minimum Gasteiger partial charge on any atom is -0.352 e. The number of aromatic nitrogens is 4. The number of hydrogen-bond donors (Lipinski definition) is 0. The molecule has 0 aromatic carbocycles. The molecular formula is C18H22N6O2. The molecule has 2 unspecified atom stereocenters. The summed E-state index contributed by atoms with van der Waals surface area (Å²) in [6, 6.07) is 2.32. The predicted octanol–water partition coefficient (Wildman–Crippen LogP) is 0.448. The number of aryl methyl sites for hydroxylation is 2. The Bertz CT molecular complexity index is 912. The third-order valence-corrected chi connectivity index (χ3v) is 5.42. The topological polar surface area (TPSA) is 84.2 Å². The molecule has 2 aromatic rings. The van der Waals surface area contributed by atoms with E-state index in [0.29, 0.717) is 11.3 Å². The van der Waals surface area contributed by atoms with E-state index in [0.717, 1.165) is 31.0 Å². The number of nitrogens with zero attached hydrogens (tertiary/aromatic N) is 6. The standard InChI is InChI=1S/C18H22N6O2/c1-11-4-16(20-9-19-11)22-6-14-5-15(7-22)24(14)17(25)8-23-10-21-13(3)12(2)18(23)26/h4,9-10,14-15H,5-8H2,1-3H3. The summed E-state index contributed by atoms with van der Waals surface area (Å²) in [6.07, 6.45) is 4.05. The van der Waals surface area contributed by atoms with Crippen molar-refractivity contribution in [2.24, 2.45) is 0 Å². The largest absolute Gasteiger partial charge is 0.352 e. The van der Waals surface area contributed by atoms with Gasteiger partial charge in [0.2, 0.25) is 5.91 Å². The van der Waals surface area contributed by atoms with Gasteiger partial charge in [-0.05, 0) is 27.2 Å². The van der Waals surface area contributed by atoms with Crippen LogP contribution in [-0.2, 0) is 11.3 Å². The van der Waals surface area contributed by atoms with E-state index in [1.807, 2.05) is 17.9 Å². The van der Waals surface area contributed by atoms with Gasteiger partial charge >= 0.3 is 0 Å². The van der Waals surface area contributed by atoms with Crippen LogP contribution in [0, 0.1) is 20.8 Å². The quantitative estimate of drug-likeness (QED) is 0.796. The van der Waals surface area contributed by atoms with Crippen molar-refractivity contribution in [2.45, 2.75) is 45.8 Å². The summed E-state index contributed by atoms with van der Waals surface area (Å²) in [5.41, 5.74) is 2.09. The molecule has 136 valence electrons. The Kier molecular flexibility index (Phi) is 3.97. The van der Waals surface area contributed by atoms with Gasteiger partial charge < -0.3 is 9.80 Å². The minimum absolute atomic E-state index is 0.0167. The highest BCUT2D eigenvalue weighted by Gasteiger charge is 2.47. The zero-order chi connectivity index (χ0) is 18.4. The number of hydrogen-bond acceptors (Lipinski definition) is 6. The summed E-state index contributed by atoms with van der Waals surface area (Å²) in [4.78, 5) is 41.9. The van der Waals surface area contributed by atoms with Crippen molar-refractivity contribution in [2.75, 3.05) is 18.0 Å². The summed E-state index contributed by atoms with van der Waals surface area (Å²) in [5.74, 6) is 0.894. The molecule has 0 spiro atoms. The number of amides is 1. The lowest BCUT2D eigenvalue weighted by molar-refractivity contribution is -0.146. The Morgan fingerprint density at radius 2 is 1.88 bits per heavy atom. The van der Waals surface area contributed by atoms with Crippen LogP contribution in [0.4, 0.5) is 5.82 Å². The molecule has 5 rings (SSSR count). The van der Waals surface area contributed by atoms with Crippen molar-refractivity contribution in [3.05, 3.63) is 46.0 Å². The summed E-state index contributed by atoms with van der Waals surface area (Å²) in [7, 11) is 0. The van der Waals surface area contributed by atoms with Crippen LogP contribution in [0.5, 0.6) is 0 Å². The average Bonchev–Trinajstić information content (AvgIpc) is 2.62. The zero-order valence-electron chi connectivity index (χ0n) is 15.2. The molecule has 1 amide bonds. The van der Waals surface area contributed by atoms with E-state index in [1.54, 1.807) is 20.2 Å². The number of piperazine rings is 1. The minimum atomic E-state index is -0.144. The van der Waals surface area contributed by atoms with Gasteiger partial charge in [-0.2, -0.15) is 0 Å². The number of fused-ring (bicyclic) bond motifs is 2. The maximum atomic E-state index is 12.7. The second-order valence-electron chi connectivity index (χ2n) is 7.15. The Morgan fingerprint density at radius 3 is 2.58 bits per heavy atom. The number of rotatable bonds is 3. The first-order valence-electron chi connectivity index (χ1n) is 8.81. The van der Waals surface area contributed by atoms with Gasteiger partial charge in [0.25, 0.3) is 5.56 Å². The SMILES string of the molecule is Cc1cc(N2CC3CC(C2)N3C(=O)Cn2cnc(C)c(C)c2=O)ncn1. The monoisotopic (exact) mass is 354 g/mol. The lowest BCUT2D eigenvalue weighted by atomic mass is 9.87.